The van der Waals surface area contributed by atoms with Gasteiger partial charge in [-0.2, -0.15) is 0 Å². The van der Waals surface area contributed by atoms with E-state index >= 15 is 0 Å². The van der Waals surface area contributed by atoms with Crippen LogP contribution in [-0.2, 0) is 0 Å². The van der Waals surface area contributed by atoms with E-state index < -0.39 is 0 Å². The monoisotopic (exact) mass is 429 g/mol. The van der Waals surface area contributed by atoms with Crippen molar-refractivity contribution < 1.29 is 9.18 Å². The van der Waals surface area contributed by atoms with Gasteiger partial charge in [-0.25, -0.2) is 19.2 Å². The second kappa shape index (κ2) is 7.01. The number of benzene rings is 1. The van der Waals surface area contributed by atoms with Crippen LogP contribution in [0.5, 0.6) is 0 Å². The van der Waals surface area contributed by atoms with E-state index in [1.165, 1.54) is 12.1 Å². The van der Waals surface area contributed by atoms with Crippen LogP contribution in [0.1, 0.15) is 12.1 Å². The lowest BCUT2D eigenvalue weighted by atomic mass is 10.1. The van der Waals surface area contributed by atoms with Crippen LogP contribution in [0, 0.1) is 12.7 Å². The summed E-state index contributed by atoms with van der Waals surface area (Å²) in [6.07, 6.45) is 2.65. The number of amides is 2. The molecule has 0 aliphatic carbocycles. The highest BCUT2D eigenvalue weighted by Gasteiger charge is 2.40. The molecule has 160 valence electrons. The molecule has 0 saturated carbocycles. The number of nitrogens with one attached hydrogen (secondary N) is 2. The van der Waals surface area contributed by atoms with E-state index in [9.17, 15) is 9.18 Å². The zero-order valence-electron chi connectivity index (χ0n) is 17.3. The van der Waals surface area contributed by atoms with E-state index in [1.807, 2.05) is 31.2 Å². The first-order valence-electron chi connectivity index (χ1n) is 10.5. The number of aromatic nitrogens is 4. The van der Waals surface area contributed by atoms with Gasteiger partial charge in [0.25, 0.3) is 0 Å². The minimum absolute atomic E-state index is 0.0169. The molecule has 32 heavy (non-hydrogen) atoms. The van der Waals surface area contributed by atoms with Crippen LogP contribution in [-0.4, -0.2) is 45.1 Å². The maximum Gasteiger partial charge on any atom is 0.330 e. The first kappa shape index (κ1) is 18.7. The lowest BCUT2D eigenvalue weighted by molar-refractivity contribution is 0.254. The number of aryl methyl sites for hydroxylation is 1. The molecule has 2 aliphatic rings. The van der Waals surface area contributed by atoms with Gasteiger partial charge in [0.05, 0.1) is 28.5 Å². The molecule has 2 bridgehead atoms. The smallest absolute Gasteiger partial charge is 0.330 e. The zero-order valence-corrected chi connectivity index (χ0v) is 17.3. The molecule has 0 spiro atoms. The van der Waals surface area contributed by atoms with Gasteiger partial charge >= 0.3 is 6.03 Å². The third-order valence-corrected chi connectivity index (χ3v) is 6.05. The average Bonchev–Trinajstić information content (AvgIpc) is 3.38. The first-order chi connectivity index (χ1) is 15.5. The normalized spacial score (nSPS) is 17.0. The van der Waals surface area contributed by atoms with Gasteiger partial charge in [-0.05, 0) is 55.8 Å². The van der Waals surface area contributed by atoms with Crippen molar-refractivity contribution in [3.05, 3.63) is 60.2 Å². The molecule has 8 nitrogen and oxygen atoms in total. The summed E-state index contributed by atoms with van der Waals surface area (Å²) in [5.74, 6) is 0.533. The average molecular weight is 429 g/mol. The Labute approximate surface area is 183 Å². The predicted molar refractivity (Wildman–Crippen MR) is 120 cm³/mol. The molecule has 2 N–H and O–H groups in total. The predicted octanol–water partition coefficient (Wildman–Crippen LogP) is 4.10. The maximum atomic E-state index is 13.5. The van der Waals surface area contributed by atoms with Crippen LogP contribution >= 0.6 is 0 Å². The summed E-state index contributed by atoms with van der Waals surface area (Å²) >= 11 is 0. The van der Waals surface area contributed by atoms with Gasteiger partial charge in [0.2, 0.25) is 5.95 Å². The molecule has 4 aromatic rings. The number of anilines is 3. The molecule has 9 heteroatoms. The fraction of sp³-hybridized carbons (Fsp3) is 0.217. The number of hydrogen-bond donors (Lipinski definition) is 2. The molecule has 6 rings (SSSR count). The minimum atomic E-state index is -0.364. The van der Waals surface area contributed by atoms with Crippen molar-refractivity contribution in [2.45, 2.75) is 19.4 Å². The SMILES string of the molecule is Cc1ccc(-c2ccc3c(n2)N(C(=O)Nc2nc4ccc(F)cc4[nH]2)[C@H]2CCN3C2)cn1. The largest absolute Gasteiger partial charge is 0.366 e. The Morgan fingerprint density at radius 3 is 2.94 bits per heavy atom. The number of carbonyl (C=O) groups is 1. The second-order valence-electron chi connectivity index (χ2n) is 8.16. The number of carbonyl (C=O) groups excluding carboxylic acids is 1. The van der Waals surface area contributed by atoms with E-state index in [-0.39, 0.29) is 23.8 Å². The Kier molecular flexibility index (Phi) is 4.11. The van der Waals surface area contributed by atoms with Crippen molar-refractivity contribution in [2.75, 3.05) is 28.2 Å². The number of pyridine rings is 2. The summed E-state index contributed by atoms with van der Waals surface area (Å²) in [5, 5.41) is 2.84. The van der Waals surface area contributed by atoms with Crippen LogP contribution in [0.15, 0.2) is 48.7 Å². The van der Waals surface area contributed by atoms with Crippen molar-refractivity contribution in [3.8, 4) is 11.3 Å². The van der Waals surface area contributed by atoms with E-state index in [0.29, 0.717) is 16.9 Å². The molecule has 1 saturated heterocycles. The molecule has 1 atom stereocenters. The number of fused-ring (bicyclic) bond motifs is 5. The Hall–Kier alpha value is -4.01. The number of urea groups is 1. The summed E-state index contributed by atoms with van der Waals surface area (Å²) in [6.45, 7) is 3.57. The minimum Gasteiger partial charge on any atom is -0.366 e. The summed E-state index contributed by atoms with van der Waals surface area (Å²) in [6, 6.07) is 11.9. The second-order valence-corrected chi connectivity index (χ2v) is 8.16. The number of imidazole rings is 1. The third kappa shape index (κ3) is 3.05. The Morgan fingerprint density at radius 1 is 1.19 bits per heavy atom. The highest BCUT2D eigenvalue weighted by atomic mass is 19.1. The molecular weight excluding hydrogens is 409 g/mol. The molecule has 2 aliphatic heterocycles. The fourth-order valence-corrected chi connectivity index (χ4v) is 4.45. The fourth-order valence-electron chi connectivity index (χ4n) is 4.45. The van der Waals surface area contributed by atoms with E-state index in [2.05, 4.69) is 25.2 Å². The van der Waals surface area contributed by atoms with Crippen LogP contribution in [0.3, 0.4) is 0 Å². The van der Waals surface area contributed by atoms with Crippen LogP contribution in [0.25, 0.3) is 22.3 Å². The van der Waals surface area contributed by atoms with E-state index in [4.69, 9.17) is 4.98 Å². The molecule has 3 aromatic heterocycles. The number of H-pyrrole nitrogens is 1. The highest BCUT2D eigenvalue weighted by Crippen LogP contribution is 2.40. The summed E-state index contributed by atoms with van der Waals surface area (Å²) < 4.78 is 13.5. The molecule has 0 unspecified atom stereocenters. The maximum absolute atomic E-state index is 13.5. The quantitative estimate of drug-likeness (QED) is 0.501. The number of rotatable bonds is 2. The van der Waals surface area contributed by atoms with Crippen LogP contribution < -0.4 is 15.1 Å². The van der Waals surface area contributed by atoms with Crippen molar-refractivity contribution >= 4 is 34.5 Å². The molecular formula is C23H20FN7O. The van der Waals surface area contributed by atoms with E-state index in [1.54, 1.807) is 17.2 Å². The first-order valence-corrected chi connectivity index (χ1v) is 10.5. The summed E-state index contributed by atoms with van der Waals surface area (Å²) in [7, 11) is 0. The lowest BCUT2D eigenvalue weighted by Crippen LogP contribution is -2.48. The van der Waals surface area contributed by atoms with Crippen molar-refractivity contribution in [1.82, 2.24) is 19.9 Å². The standard InChI is InChI=1S/C23H20FN7O/c1-13-2-3-14(11-25-13)17-6-7-20-21(26-17)31(16-8-9-30(20)12-16)23(32)29-22-27-18-5-4-15(24)10-19(18)28-22/h2-7,10-11,16H,8-9,12H2,1H3,(H2,27,28,29,32)/t16-/m0/s1. The van der Waals surface area contributed by atoms with Gasteiger partial charge in [0, 0.05) is 30.5 Å². The van der Waals surface area contributed by atoms with Crippen LogP contribution in [0.4, 0.5) is 26.6 Å². The zero-order chi connectivity index (χ0) is 21.8. The molecule has 0 radical (unpaired) electrons. The van der Waals surface area contributed by atoms with Crippen LogP contribution in [0.2, 0.25) is 0 Å². The van der Waals surface area contributed by atoms with Gasteiger partial charge in [-0.1, -0.05) is 0 Å². The van der Waals surface area contributed by atoms with Gasteiger partial charge in [0.1, 0.15) is 5.82 Å². The number of hydrogen-bond acceptors (Lipinski definition) is 5. The Bertz CT molecular complexity index is 1350. The highest BCUT2D eigenvalue weighted by molar-refractivity contribution is 6.04. The number of aromatic amines is 1. The third-order valence-electron chi connectivity index (χ3n) is 6.05. The number of nitrogens with zero attached hydrogens (tertiary/aromatic N) is 5. The molecule has 2 amide bonds. The lowest BCUT2D eigenvalue weighted by Gasteiger charge is -2.35. The van der Waals surface area contributed by atoms with Crippen molar-refractivity contribution in [2.24, 2.45) is 0 Å². The Balaban J connectivity index is 1.36. The topological polar surface area (TPSA) is 90.0 Å². The van der Waals surface area contributed by atoms with Gasteiger partial charge < -0.3 is 9.88 Å². The van der Waals surface area contributed by atoms with E-state index in [0.717, 1.165) is 42.1 Å². The number of halogens is 1. The van der Waals surface area contributed by atoms with Gasteiger partial charge in [-0.15, -0.1) is 0 Å². The molecule has 5 heterocycles. The van der Waals surface area contributed by atoms with Crippen molar-refractivity contribution in [1.29, 1.82) is 0 Å². The molecule has 1 aromatic carbocycles. The molecule has 1 fully saturated rings. The summed E-state index contributed by atoms with van der Waals surface area (Å²) in [5.41, 5.74) is 4.63. The van der Waals surface area contributed by atoms with Gasteiger partial charge in [0.15, 0.2) is 5.82 Å². The Morgan fingerprint density at radius 2 is 2.09 bits per heavy atom. The van der Waals surface area contributed by atoms with Gasteiger partial charge in [-0.3, -0.25) is 15.2 Å². The van der Waals surface area contributed by atoms with Crippen molar-refractivity contribution in [3.63, 3.8) is 0 Å². The summed E-state index contributed by atoms with van der Waals surface area (Å²) in [4.78, 5) is 33.9.